The van der Waals surface area contributed by atoms with Crippen molar-refractivity contribution in [1.29, 1.82) is 0 Å². The summed E-state index contributed by atoms with van der Waals surface area (Å²) in [5, 5.41) is 6.43. The van der Waals surface area contributed by atoms with Gasteiger partial charge in [0.1, 0.15) is 23.6 Å². The monoisotopic (exact) mass is 642 g/mol. The van der Waals surface area contributed by atoms with Gasteiger partial charge in [-0.2, -0.15) is 0 Å². The lowest BCUT2D eigenvalue weighted by atomic mass is 9.59. The van der Waals surface area contributed by atoms with Crippen LogP contribution in [0.15, 0.2) is 59.1 Å². The topological polar surface area (TPSA) is 93.7 Å². The Kier molecular flexibility index (Phi) is 7.63. The Morgan fingerprint density at radius 3 is 2.61 bits per heavy atom. The third-order valence-electron chi connectivity index (χ3n) is 7.98. The molecular formula is C31H29BrClFN2O5. The van der Waals surface area contributed by atoms with Gasteiger partial charge < -0.3 is 20.1 Å². The molecule has 0 unspecified atom stereocenters. The van der Waals surface area contributed by atoms with Crippen molar-refractivity contribution in [3.8, 4) is 5.75 Å². The minimum atomic E-state index is -1.39. The van der Waals surface area contributed by atoms with Gasteiger partial charge in [-0.25, -0.2) is 4.39 Å². The summed E-state index contributed by atoms with van der Waals surface area (Å²) in [5.74, 6) is -1.90. The second kappa shape index (κ2) is 10.8. The Bertz CT molecular complexity index is 1580. The number of halogens is 3. The number of amides is 2. The molecule has 2 aliphatic heterocycles. The number of nitrogens with one attached hydrogen (secondary N) is 2. The van der Waals surface area contributed by atoms with E-state index in [9.17, 15) is 18.8 Å². The van der Waals surface area contributed by atoms with E-state index in [1.54, 1.807) is 50.2 Å². The summed E-state index contributed by atoms with van der Waals surface area (Å²) in [5.41, 5.74) is 0.604. The number of rotatable bonds is 6. The average molecular weight is 644 g/mol. The van der Waals surface area contributed by atoms with Gasteiger partial charge in [-0.3, -0.25) is 14.4 Å². The molecule has 3 atom stereocenters. The maximum Gasteiger partial charge on any atom is 0.314 e. The third-order valence-corrected chi connectivity index (χ3v) is 8.71. The molecule has 2 aliphatic rings. The first-order chi connectivity index (χ1) is 19.4. The van der Waals surface area contributed by atoms with E-state index in [1.165, 1.54) is 19.2 Å². The number of hydrogen-bond acceptors (Lipinski definition) is 5. The maximum atomic E-state index is 14.7. The highest BCUT2D eigenvalue weighted by Gasteiger charge is 2.62. The SMILES string of the molecule is COC(=O)C(C)(C)COc1ccc(Br)cc1[C@H]1CC(=O)N[C@@H](c2cc(F)ccc2C)[C@]12C(=O)Nc1cc(Cl)ccc12. The summed E-state index contributed by atoms with van der Waals surface area (Å²) in [6, 6.07) is 13.9. The third kappa shape index (κ3) is 4.99. The largest absolute Gasteiger partial charge is 0.492 e. The minimum absolute atomic E-state index is 0.00888. The molecule has 1 spiro atoms. The Hall–Kier alpha value is -3.43. The smallest absolute Gasteiger partial charge is 0.314 e. The highest BCUT2D eigenvalue weighted by Crippen LogP contribution is 2.59. The summed E-state index contributed by atoms with van der Waals surface area (Å²) in [4.78, 5) is 40.1. The predicted octanol–water partition coefficient (Wildman–Crippen LogP) is 6.36. The number of ether oxygens (including phenoxy) is 2. The van der Waals surface area contributed by atoms with Crippen molar-refractivity contribution in [3.63, 3.8) is 0 Å². The van der Waals surface area contributed by atoms with Gasteiger partial charge in [0.15, 0.2) is 0 Å². The summed E-state index contributed by atoms with van der Waals surface area (Å²) in [6.07, 6.45) is -0.0481. The number of carbonyl (C=O) groups is 3. The maximum absolute atomic E-state index is 14.7. The van der Waals surface area contributed by atoms with Gasteiger partial charge in [-0.1, -0.05) is 39.7 Å². The summed E-state index contributed by atoms with van der Waals surface area (Å²) in [7, 11) is 1.32. The molecule has 0 radical (unpaired) electrons. The molecule has 2 heterocycles. The van der Waals surface area contributed by atoms with Crippen LogP contribution in [0.1, 0.15) is 54.5 Å². The van der Waals surface area contributed by atoms with Crippen molar-refractivity contribution in [3.05, 3.63) is 92.2 Å². The molecule has 2 N–H and O–H groups in total. The van der Waals surface area contributed by atoms with Crippen molar-refractivity contribution in [2.45, 2.75) is 44.6 Å². The lowest BCUT2D eigenvalue weighted by Crippen LogP contribution is -2.57. The second-order valence-electron chi connectivity index (χ2n) is 11.1. The second-order valence-corrected chi connectivity index (χ2v) is 12.5. The number of esters is 1. The number of aryl methyl sites for hydroxylation is 1. The zero-order chi connectivity index (χ0) is 29.7. The number of fused-ring (bicyclic) bond motifs is 2. The number of carbonyl (C=O) groups excluding carboxylic acids is 3. The molecule has 1 fully saturated rings. The number of piperidine rings is 1. The molecule has 0 bridgehead atoms. The molecule has 0 aromatic heterocycles. The van der Waals surface area contributed by atoms with Gasteiger partial charge in [0, 0.05) is 33.1 Å². The molecule has 0 saturated carbocycles. The van der Waals surface area contributed by atoms with Gasteiger partial charge >= 0.3 is 5.97 Å². The van der Waals surface area contributed by atoms with Crippen molar-refractivity contribution in [2.75, 3.05) is 19.0 Å². The van der Waals surface area contributed by atoms with E-state index in [0.29, 0.717) is 37.6 Å². The average Bonchev–Trinajstić information content (AvgIpc) is 3.20. The van der Waals surface area contributed by atoms with Gasteiger partial charge in [-0.15, -0.1) is 0 Å². The fourth-order valence-electron chi connectivity index (χ4n) is 5.96. The molecule has 7 nitrogen and oxygen atoms in total. The van der Waals surface area contributed by atoms with E-state index in [-0.39, 0.29) is 24.8 Å². The first-order valence-corrected chi connectivity index (χ1v) is 14.2. The molecule has 2 amide bonds. The molecule has 41 heavy (non-hydrogen) atoms. The van der Waals surface area contributed by atoms with Crippen LogP contribution >= 0.6 is 27.5 Å². The number of anilines is 1. The molecule has 214 valence electrons. The van der Waals surface area contributed by atoms with Crippen LogP contribution in [0.4, 0.5) is 10.1 Å². The van der Waals surface area contributed by atoms with Crippen molar-refractivity contribution in [2.24, 2.45) is 5.41 Å². The molecule has 5 rings (SSSR count). The molecule has 3 aromatic rings. The fourth-order valence-corrected chi connectivity index (χ4v) is 6.51. The molecule has 1 saturated heterocycles. The van der Waals surface area contributed by atoms with Crippen molar-refractivity contribution >= 4 is 51.0 Å². The van der Waals surface area contributed by atoms with Crippen LogP contribution in [-0.2, 0) is 24.5 Å². The Morgan fingerprint density at radius 2 is 1.88 bits per heavy atom. The van der Waals surface area contributed by atoms with Crippen LogP contribution in [0, 0.1) is 18.2 Å². The highest BCUT2D eigenvalue weighted by molar-refractivity contribution is 9.10. The van der Waals surface area contributed by atoms with Gasteiger partial charge in [0.25, 0.3) is 0 Å². The van der Waals surface area contributed by atoms with Crippen LogP contribution < -0.4 is 15.4 Å². The summed E-state index contributed by atoms with van der Waals surface area (Å²) in [6.45, 7) is 5.22. The van der Waals surface area contributed by atoms with Crippen LogP contribution in [0.2, 0.25) is 5.02 Å². The lowest BCUT2D eigenvalue weighted by Gasteiger charge is -2.47. The van der Waals surface area contributed by atoms with Crippen LogP contribution in [0.3, 0.4) is 0 Å². The van der Waals surface area contributed by atoms with Crippen molar-refractivity contribution in [1.82, 2.24) is 5.32 Å². The molecule has 10 heteroatoms. The standard InChI is InChI=1S/C31H29BrClFN2O5/c1-16-5-8-19(34)13-20(16)27-31(22-9-7-18(33)12-24(22)35-28(31)38)23(14-26(37)36-27)21-11-17(32)6-10-25(21)41-15-30(2,3)29(39)40-4/h5-13,23,27H,14-15H2,1-4H3,(H,35,38)(H,36,37)/t23-,27+,31-/m1/s1. The van der Waals surface area contributed by atoms with E-state index in [1.807, 2.05) is 13.0 Å². The van der Waals surface area contributed by atoms with E-state index < -0.39 is 34.6 Å². The number of benzene rings is 3. The molecular weight excluding hydrogens is 615 g/mol. The predicted molar refractivity (Wildman–Crippen MR) is 157 cm³/mol. The van der Waals surface area contributed by atoms with Crippen LogP contribution in [0.25, 0.3) is 0 Å². The van der Waals surface area contributed by atoms with E-state index in [4.69, 9.17) is 21.1 Å². The normalized spacial score (nSPS) is 21.7. The van der Waals surface area contributed by atoms with E-state index >= 15 is 0 Å². The van der Waals surface area contributed by atoms with Crippen LogP contribution in [-0.4, -0.2) is 31.5 Å². The van der Waals surface area contributed by atoms with Gasteiger partial charge in [-0.05, 0) is 79.9 Å². The molecule has 0 aliphatic carbocycles. The zero-order valence-electron chi connectivity index (χ0n) is 22.9. The minimum Gasteiger partial charge on any atom is -0.492 e. The lowest BCUT2D eigenvalue weighted by molar-refractivity contribution is -0.152. The Morgan fingerprint density at radius 1 is 1.12 bits per heavy atom. The Labute approximate surface area is 250 Å². The van der Waals surface area contributed by atoms with Gasteiger partial charge in [0.2, 0.25) is 11.8 Å². The highest BCUT2D eigenvalue weighted by atomic mass is 79.9. The quantitative estimate of drug-likeness (QED) is 0.305. The van der Waals surface area contributed by atoms with E-state index in [2.05, 4.69) is 26.6 Å². The Balaban J connectivity index is 1.75. The first-order valence-electron chi connectivity index (χ1n) is 13.1. The first kappa shape index (κ1) is 29.1. The molecule has 3 aromatic carbocycles. The van der Waals surface area contributed by atoms with E-state index in [0.717, 1.165) is 5.56 Å². The summed E-state index contributed by atoms with van der Waals surface area (Å²) < 4.78 is 26.5. The number of methoxy groups -OCH3 is 1. The number of hydrogen-bond donors (Lipinski definition) is 2. The van der Waals surface area contributed by atoms with Gasteiger partial charge in [0.05, 0.1) is 18.6 Å². The summed E-state index contributed by atoms with van der Waals surface area (Å²) >= 11 is 9.85. The van der Waals surface area contributed by atoms with Crippen molar-refractivity contribution < 1.29 is 28.2 Å². The zero-order valence-corrected chi connectivity index (χ0v) is 25.3. The van der Waals surface area contributed by atoms with Crippen LogP contribution in [0.5, 0.6) is 5.75 Å². The fraction of sp³-hybridized carbons (Fsp3) is 0.323.